The van der Waals surface area contributed by atoms with Gasteiger partial charge in [0.05, 0.1) is 23.9 Å². The average Bonchev–Trinajstić information content (AvgIpc) is 2.97. The van der Waals surface area contributed by atoms with Crippen molar-refractivity contribution >= 4 is 28.4 Å². The van der Waals surface area contributed by atoms with Crippen molar-refractivity contribution in [1.29, 1.82) is 0 Å². The lowest BCUT2D eigenvalue weighted by molar-refractivity contribution is -0.153. The zero-order valence-electron chi connectivity index (χ0n) is 16.5. The highest BCUT2D eigenvalue weighted by atomic mass is 19.4. The summed E-state index contributed by atoms with van der Waals surface area (Å²) in [7, 11) is 2.97. The summed E-state index contributed by atoms with van der Waals surface area (Å²) < 4.78 is 49.4. The van der Waals surface area contributed by atoms with Gasteiger partial charge >= 0.3 is 12.1 Å². The molecule has 0 aliphatic carbocycles. The van der Waals surface area contributed by atoms with Gasteiger partial charge in [0.1, 0.15) is 11.4 Å². The molecule has 30 heavy (non-hydrogen) atoms. The topological polar surface area (TPSA) is 85.6 Å². The highest BCUT2D eigenvalue weighted by Crippen LogP contribution is 2.36. The molecule has 0 spiro atoms. The first-order chi connectivity index (χ1) is 14.1. The minimum atomic E-state index is -4.61. The van der Waals surface area contributed by atoms with Crippen LogP contribution in [0, 0.1) is 0 Å². The van der Waals surface area contributed by atoms with Crippen molar-refractivity contribution < 1.29 is 32.5 Å². The van der Waals surface area contributed by atoms with Crippen molar-refractivity contribution in [1.82, 2.24) is 9.55 Å². The fraction of sp³-hybridized carbons (Fsp3) is 0.300. The number of hydrogen-bond acceptors (Lipinski definition) is 5. The molecule has 160 valence electrons. The van der Waals surface area contributed by atoms with Crippen molar-refractivity contribution in [2.75, 3.05) is 19.0 Å². The van der Waals surface area contributed by atoms with Gasteiger partial charge < -0.3 is 24.5 Å². The van der Waals surface area contributed by atoms with E-state index in [-0.39, 0.29) is 16.8 Å². The number of alkyl halides is 3. The Morgan fingerprint density at radius 2 is 1.93 bits per heavy atom. The number of fused-ring (bicyclic) bond motifs is 1. The lowest BCUT2D eigenvalue weighted by atomic mass is 10.2. The number of benzene rings is 1. The summed E-state index contributed by atoms with van der Waals surface area (Å²) in [6, 6.07) is 8.61. The van der Waals surface area contributed by atoms with Crippen molar-refractivity contribution in [2.24, 2.45) is 7.05 Å². The summed E-state index contributed by atoms with van der Waals surface area (Å²) in [5, 5.41) is 12.9. The first-order valence-corrected chi connectivity index (χ1v) is 9.00. The van der Waals surface area contributed by atoms with Crippen LogP contribution in [0.25, 0.3) is 11.0 Å². The number of carboxylic acid groups (broad SMARTS) is 1. The number of rotatable bonds is 7. The Kier molecular flexibility index (Phi) is 5.77. The lowest BCUT2D eigenvalue weighted by Crippen LogP contribution is -2.20. The highest BCUT2D eigenvalue weighted by Gasteiger charge is 2.32. The maximum Gasteiger partial charge on any atom is 0.422 e. The Bertz CT molecular complexity index is 1080. The van der Waals surface area contributed by atoms with Gasteiger partial charge in [0.2, 0.25) is 0 Å². The molecule has 2 heterocycles. The number of nitrogens with one attached hydrogen (secondary N) is 1. The van der Waals surface area contributed by atoms with E-state index in [1.807, 2.05) is 6.92 Å². The van der Waals surface area contributed by atoms with Crippen LogP contribution in [-0.2, 0) is 13.5 Å². The second-order valence-corrected chi connectivity index (χ2v) is 6.51. The summed E-state index contributed by atoms with van der Waals surface area (Å²) in [6.45, 7) is 0.263. The lowest BCUT2D eigenvalue weighted by Gasteiger charge is -2.13. The van der Waals surface area contributed by atoms with Gasteiger partial charge in [0.15, 0.2) is 18.1 Å². The van der Waals surface area contributed by atoms with E-state index in [1.165, 1.54) is 11.6 Å². The van der Waals surface area contributed by atoms with Crippen molar-refractivity contribution in [3.63, 3.8) is 0 Å². The molecule has 2 aromatic heterocycles. The van der Waals surface area contributed by atoms with E-state index in [0.29, 0.717) is 29.2 Å². The van der Waals surface area contributed by atoms with Crippen LogP contribution in [-0.4, -0.2) is 40.5 Å². The van der Waals surface area contributed by atoms with Crippen LogP contribution < -0.4 is 14.8 Å². The predicted octanol–water partition coefficient (Wildman–Crippen LogP) is 4.53. The van der Waals surface area contributed by atoms with Crippen LogP contribution in [0.5, 0.6) is 11.5 Å². The first-order valence-electron chi connectivity index (χ1n) is 9.00. The number of aromatic nitrogens is 2. The molecular formula is C20H20F3N3O4. The van der Waals surface area contributed by atoms with Gasteiger partial charge in [0, 0.05) is 12.7 Å². The Labute approximate surface area is 170 Å². The summed E-state index contributed by atoms with van der Waals surface area (Å²) in [5.74, 6) is -1.11. The Morgan fingerprint density at radius 3 is 2.47 bits per heavy atom. The number of carboxylic acids is 1. The highest BCUT2D eigenvalue weighted by molar-refractivity contribution is 6.01. The zero-order valence-corrected chi connectivity index (χ0v) is 16.5. The molecule has 3 aromatic rings. The molecular weight excluding hydrogens is 403 g/mol. The van der Waals surface area contributed by atoms with E-state index < -0.39 is 24.4 Å². The second kappa shape index (κ2) is 8.13. The number of aromatic carboxylic acids is 1. The largest absolute Gasteiger partial charge is 0.497 e. The number of hydrogen-bond donors (Lipinski definition) is 2. The minimum absolute atomic E-state index is 0.173. The second-order valence-electron chi connectivity index (χ2n) is 6.51. The fourth-order valence-corrected chi connectivity index (χ4v) is 3.10. The summed E-state index contributed by atoms with van der Waals surface area (Å²) in [5.41, 5.74) is 1.69. The summed E-state index contributed by atoms with van der Waals surface area (Å²) in [6.07, 6.45) is -4.10. The molecule has 0 aliphatic rings. The van der Waals surface area contributed by atoms with E-state index in [1.54, 1.807) is 37.4 Å². The van der Waals surface area contributed by atoms with E-state index in [0.717, 1.165) is 0 Å². The third kappa shape index (κ3) is 4.27. The van der Waals surface area contributed by atoms with Crippen molar-refractivity contribution in [2.45, 2.75) is 19.5 Å². The smallest absolute Gasteiger partial charge is 0.422 e. The molecule has 0 saturated heterocycles. The molecule has 0 bridgehead atoms. The Morgan fingerprint density at radius 1 is 1.27 bits per heavy atom. The third-order valence-corrected chi connectivity index (χ3v) is 4.48. The number of halogens is 3. The van der Waals surface area contributed by atoms with Gasteiger partial charge in [-0.25, -0.2) is 9.78 Å². The van der Waals surface area contributed by atoms with Crippen LogP contribution in [0.1, 0.15) is 23.1 Å². The van der Waals surface area contributed by atoms with Crippen LogP contribution in [0.15, 0.2) is 30.3 Å². The van der Waals surface area contributed by atoms with Crippen molar-refractivity contribution in [3.8, 4) is 11.5 Å². The van der Waals surface area contributed by atoms with Crippen LogP contribution in [0.3, 0.4) is 0 Å². The third-order valence-electron chi connectivity index (χ3n) is 4.48. The maximum atomic E-state index is 12.7. The van der Waals surface area contributed by atoms with Crippen LogP contribution >= 0.6 is 0 Å². The number of pyridine rings is 1. The van der Waals surface area contributed by atoms with Gasteiger partial charge in [-0.3, -0.25) is 0 Å². The fourth-order valence-electron chi connectivity index (χ4n) is 3.10. The summed E-state index contributed by atoms with van der Waals surface area (Å²) in [4.78, 5) is 16.2. The summed E-state index contributed by atoms with van der Waals surface area (Å²) >= 11 is 0. The molecule has 1 aromatic carbocycles. The van der Waals surface area contributed by atoms with Gasteiger partial charge in [0.25, 0.3) is 0 Å². The molecule has 0 fully saturated rings. The van der Waals surface area contributed by atoms with Gasteiger partial charge in [-0.15, -0.1) is 0 Å². The van der Waals surface area contributed by atoms with E-state index >= 15 is 0 Å². The molecule has 10 heteroatoms. The number of carbonyl (C=O) groups is 1. The maximum absolute atomic E-state index is 12.7. The molecule has 3 rings (SSSR count). The first kappa shape index (κ1) is 21.3. The van der Waals surface area contributed by atoms with E-state index in [2.05, 4.69) is 10.3 Å². The van der Waals surface area contributed by atoms with Crippen molar-refractivity contribution in [3.05, 3.63) is 41.7 Å². The number of ether oxygens (including phenoxy) is 2. The normalized spacial score (nSPS) is 11.5. The quantitative estimate of drug-likeness (QED) is 0.581. The molecule has 2 N–H and O–H groups in total. The molecule has 0 atom stereocenters. The molecule has 0 radical (unpaired) electrons. The number of methoxy groups -OCH3 is 1. The minimum Gasteiger partial charge on any atom is -0.497 e. The van der Waals surface area contributed by atoms with Gasteiger partial charge in [-0.05, 0) is 36.8 Å². The number of nitrogens with zero attached hydrogens (tertiary/aromatic N) is 2. The standard InChI is InChI=1S/C20H20F3N3O4/c1-4-14-15(24-11-5-7-12(29-3)8-6-11)9-13-17(30-10-20(21,22)23)16(19(27)28)26(2)18(13)25-14/h5-9,24H,4,10H2,1-3H3,(H,27,28). The van der Waals surface area contributed by atoms with Gasteiger partial charge in [-0.2, -0.15) is 13.2 Å². The van der Waals surface area contributed by atoms with Crippen LogP contribution in [0.4, 0.5) is 24.5 Å². The molecule has 7 nitrogen and oxygen atoms in total. The molecule has 0 unspecified atom stereocenters. The molecule has 0 amide bonds. The Balaban J connectivity index is 2.12. The van der Waals surface area contributed by atoms with E-state index in [4.69, 9.17) is 9.47 Å². The van der Waals surface area contributed by atoms with Gasteiger partial charge in [-0.1, -0.05) is 6.92 Å². The average molecular weight is 423 g/mol. The zero-order chi connectivity index (χ0) is 22.1. The number of anilines is 2. The van der Waals surface area contributed by atoms with Crippen LogP contribution in [0.2, 0.25) is 0 Å². The Hall–Kier alpha value is -3.43. The number of aryl methyl sites for hydroxylation is 2. The van der Waals surface area contributed by atoms with E-state index in [9.17, 15) is 23.1 Å². The predicted molar refractivity (Wildman–Crippen MR) is 105 cm³/mol. The monoisotopic (exact) mass is 423 g/mol. The molecule has 0 saturated carbocycles. The molecule has 0 aliphatic heterocycles. The SMILES string of the molecule is CCc1nc2c(cc1Nc1ccc(OC)cc1)c(OCC(F)(F)F)c(C(=O)O)n2C.